The van der Waals surface area contributed by atoms with Crippen molar-refractivity contribution in [2.75, 3.05) is 5.73 Å². The highest BCUT2D eigenvalue weighted by Crippen LogP contribution is 2.35. The van der Waals surface area contributed by atoms with Crippen LogP contribution >= 0.6 is 15.9 Å². The molecule has 0 radical (unpaired) electrons. The van der Waals surface area contributed by atoms with E-state index in [0.717, 1.165) is 10.0 Å². The lowest BCUT2D eigenvalue weighted by Crippen LogP contribution is -1.90. The van der Waals surface area contributed by atoms with E-state index in [0.29, 0.717) is 17.0 Å². The van der Waals surface area contributed by atoms with Gasteiger partial charge in [-0.3, -0.25) is 0 Å². The first-order chi connectivity index (χ1) is 9.25. The molecule has 2 N–H and O–H groups in total. The molecule has 0 amide bonds. The predicted molar refractivity (Wildman–Crippen MR) is 75.1 cm³/mol. The molecule has 0 atom stereocenters. The molecule has 1 aromatic carbocycles. The normalized spacial score (nSPS) is 10.6. The number of nitrogen functional groups attached to an aromatic ring is 1. The van der Waals surface area contributed by atoms with Crippen molar-refractivity contribution in [2.24, 2.45) is 0 Å². The summed E-state index contributed by atoms with van der Waals surface area (Å²) in [5, 5.41) is 4.02. The number of benzene rings is 1. The molecule has 0 bridgehead atoms. The molecule has 0 aliphatic rings. The van der Waals surface area contributed by atoms with Crippen LogP contribution in [0, 0.1) is 0 Å². The van der Waals surface area contributed by atoms with Gasteiger partial charge in [0.15, 0.2) is 0 Å². The van der Waals surface area contributed by atoms with Crippen LogP contribution in [0.1, 0.15) is 0 Å². The van der Waals surface area contributed by atoms with Gasteiger partial charge < -0.3 is 10.3 Å². The smallest absolute Gasteiger partial charge is 0.232 e. The van der Waals surface area contributed by atoms with Crippen LogP contribution in [0.4, 0.5) is 5.88 Å². The molecular weight excluding hydrogens is 308 g/mol. The monoisotopic (exact) mass is 316 g/mol. The Bertz CT molecular complexity index is 712. The molecule has 0 fully saturated rings. The van der Waals surface area contributed by atoms with Gasteiger partial charge >= 0.3 is 0 Å². The Balaban J connectivity index is 2.19. The van der Waals surface area contributed by atoms with Crippen molar-refractivity contribution < 1.29 is 4.52 Å². The molecule has 6 heteroatoms. The summed E-state index contributed by atoms with van der Waals surface area (Å²) in [4.78, 5) is 8.08. The molecule has 3 rings (SSSR count). The van der Waals surface area contributed by atoms with Gasteiger partial charge in [0.25, 0.3) is 0 Å². The van der Waals surface area contributed by atoms with Gasteiger partial charge in [-0.15, -0.1) is 0 Å². The van der Waals surface area contributed by atoms with Crippen molar-refractivity contribution in [3.05, 3.63) is 47.3 Å². The van der Waals surface area contributed by atoms with Crippen LogP contribution in [0.5, 0.6) is 0 Å². The number of hydrogen-bond acceptors (Lipinski definition) is 5. The van der Waals surface area contributed by atoms with Gasteiger partial charge in [0.05, 0.1) is 11.3 Å². The number of rotatable bonds is 2. The summed E-state index contributed by atoms with van der Waals surface area (Å²) >= 11 is 3.43. The van der Waals surface area contributed by atoms with Gasteiger partial charge in [0.2, 0.25) is 5.88 Å². The lowest BCUT2D eigenvalue weighted by Gasteiger charge is -2.02. The van der Waals surface area contributed by atoms with Crippen molar-refractivity contribution in [3.63, 3.8) is 0 Å². The molecular formula is C13H9BrN4O. The molecule has 94 valence electrons. The number of nitrogens with two attached hydrogens (primary N) is 1. The summed E-state index contributed by atoms with van der Waals surface area (Å²) in [5.74, 6) is 0.244. The van der Waals surface area contributed by atoms with E-state index < -0.39 is 0 Å². The summed E-state index contributed by atoms with van der Waals surface area (Å²) in [6, 6.07) is 9.52. The largest absolute Gasteiger partial charge is 0.367 e. The Morgan fingerprint density at radius 3 is 2.84 bits per heavy atom. The molecule has 19 heavy (non-hydrogen) atoms. The lowest BCUT2D eigenvalue weighted by molar-refractivity contribution is 0.439. The van der Waals surface area contributed by atoms with Gasteiger partial charge in [0.1, 0.15) is 12.0 Å². The van der Waals surface area contributed by atoms with E-state index in [1.54, 1.807) is 12.3 Å². The minimum atomic E-state index is 0.244. The van der Waals surface area contributed by atoms with Crippen molar-refractivity contribution >= 4 is 21.8 Å². The van der Waals surface area contributed by atoms with Crippen LogP contribution in [-0.4, -0.2) is 15.1 Å². The average molecular weight is 317 g/mol. The van der Waals surface area contributed by atoms with E-state index in [4.69, 9.17) is 10.3 Å². The summed E-state index contributed by atoms with van der Waals surface area (Å²) < 4.78 is 6.05. The molecule has 0 aliphatic carbocycles. The van der Waals surface area contributed by atoms with E-state index in [1.165, 1.54) is 6.33 Å². The SMILES string of the molecule is Nc1onc(-c2cccc(Br)c2)c1-c1ccncn1. The second-order valence-corrected chi connectivity index (χ2v) is 4.79. The van der Waals surface area contributed by atoms with E-state index in [-0.39, 0.29) is 5.88 Å². The number of halogens is 1. The van der Waals surface area contributed by atoms with Gasteiger partial charge in [-0.2, -0.15) is 0 Å². The maximum Gasteiger partial charge on any atom is 0.232 e. The van der Waals surface area contributed by atoms with Crippen molar-refractivity contribution in [2.45, 2.75) is 0 Å². The first-order valence-corrected chi connectivity index (χ1v) is 6.32. The molecule has 0 aliphatic heterocycles. The van der Waals surface area contributed by atoms with Crippen LogP contribution in [0.2, 0.25) is 0 Å². The van der Waals surface area contributed by atoms with Crippen molar-refractivity contribution in [1.29, 1.82) is 0 Å². The van der Waals surface area contributed by atoms with Crippen molar-refractivity contribution in [3.8, 4) is 22.5 Å². The van der Waals surface area contributed by atoms with Crippen molar-refractivity contribution in [1.82, 2.24) is 15.1 Å². The maximum absolute atomic E-state index is 5.85. The number of anilines is 1. The Morgan fingerprint density at radius 2 is 2.11 bits per heavy atom. The summed E-state index contributed by atoms with van der Waals surface area (Å²) in [7, 11) is 0. The molecule has 3 aromatic rings. The summed E-state index contributed by atoms with van der Waals surface area (Å²) in [5.41, 5.74) is 8.78. The minimum Gasteiger partial charge on any atom is -0.367 e. The second kappa shape index (κ2) is 4.81. The van der Waals surface area contributed by atoms with Gasteiger partial charge in [-0.25, -0.2) is 9.97 Å². The highest BCUT2D eigenvalue weighted by molar-refractivity contribution is 9.10. The van der Waals surface area contributed by atoms with Crippen LogP contribution in [0.25, 0.3) is 22.5 Å². The average Bonchev–Trinajstić information content (AvgIpc) is 2.82. The second-order valence-electron chi connectivity index (χ2n) is 3.88. The first-order valence-electron chi connectivity index (χ1n) is 5.53. The van der Waals surface area contributed by atoms with Gasteiger partial charge in [-0.1, -0.05) is 33.2 Å². The number of aromatic nitrogens is 3. The summed E-state index contributed by atoms with van der Waals surface area (Å²) in [6.07, 6.45) is 3.12. The minimum absolute atomic E-state index is 0.244. The van der Waals surface area contributed by atoms with E-state index in [2.05, 4.69) is 31.1 Å². The standard InChI is InChI=1S/C13H9BrN4O/c14-9-3-1-2-8(6-9)12-11(13(15)19-18-12)10-4-5-16-7-17-10/h1-7H,15H2. The third kappa shape index (κ3) is 2.22. The Kier molecular flexibility index (Phi) is 3.00. The van der Waals surface area contributed by atoms with Crippen LogP contribution in [0.15, 0.2) is 51.9 Å². The number of nitrogens with zero attached hydrogens (tertiary/aromatic N) is 3. The van der Waals surface area contributed by atoms with E-state index >= 15 is 0 Å². The molecule has 5 nitrogen and oxygen atoms in total. The Labute approximate surface area is 117 Å². The molecule has 0 saturated carbocycles. The quantitative estimate of drug-likeness (QED) is 0.785. The van der Waals surface area contributed by atoms with Gasteiger partial charge in [-0.05, 0) is 18.2 Å². The zero-order valence-electron chi connectivity index (χ0n) is 9.75. The van der Waals surface area contributed by atoms with Crippen LogP contribution in [0.3, 0.4) is 0 Å². The van der Waals surface area contributed by atoms with E-state index in [1.807, 2.05) is 24.3 Å². The van der Waals surface area contributed by atoms with Crippen LogP contribution in [-0.2, 0) is 0 Å². The zero-order valence-corrected chi connectivity index (χ0v) is 11.3. The highest BCUT2D eigenvalue weighted by Gasteiger charge is 2.18. The topological polar surface area (TPSA) is 77.8 Å². The molecule has 0 saturated heterocycles. The fourth-order valence-corrected chi connectivity index (χ4v) is 2.22. The molecule has 2 aromatic heterocycles. The lowest BCUT2D eigenvalue weighted by atomic mass is 10.1. The fraction of sp³-hybridized carbons (Fsp3) is 0. The predicted octanol–water partition coefficient (Wildman–Crippen LogP) is 3.14. The Morgan fingerprint density at radius 1 is 1.21 bits per heavy atom. The van der Waals surface area contributed by atoms with Crippen LogP contribution < -0.4 is 5.73 Å². The summed E-state index contributed by atoms with van der Waals surface area (Å²) in [6.45, 7) is 0. The van der Waals surface area contributed by atoms with E-state index in [9.17, 15) is 0 Å². The fourth-order valence-electron chi connectivity index (χ4n) is 1.82. The third-order valence-electron chi connectivity index (χ3n) is 2.65. The molecule has 0 unspecified atom stereocenters. The zero-order chi connectivity index (χ0) is 13.2. The molecule has 2 heterocycles. The Hall–Kier alpha value is -2.21. The van der Waals surface area contributed by atoms with Gasteiger partial charge in [0, 0.05) is 16.2 Å². The maximum atomic E-state index is 5.85. The first kappa shape index (κ1) is 11.9. The highest BCUT2D eigenvalue weighted by atomic mass is 79.9. The third-order valence-corrected chi connectivity index (χ3v) is 3.15. The molecule has 0 spiro atoms. The number of hydrogen-bond donors (Lipinski definition) is 1.